The molecule has 9 nitrogen and oxygen atoms in total. The Morgan fingerprint density at radius 1 is 1.22 bits per heavy atom. The minimum Gasteiger partial charge on any atom is -0.388 e. The van der Waals surface area contributed by atoms with Gasteiger partial charge in [0.05, 0.1) is 29.9 Å². The molecule has 6 atom stereocenters. The summed E-state index contributed by atoms with van der Waals surface area (Å²) in [7, 11) is 0. The van der Waals surface area contributed by atoms with E-state index in [0.29, 0.717) is 24.9 Å². The van der Waals surface area contributed by atoms with Crippen molar-refractivity contribution in [2.24, 2.45) is 11.8 Å². The van der Waals surface area contributed by atoms with Gasteiger partial charge in [-0.2, -0.15) is 0 Å². The van der Waals surface area contributed by atoms with Crippen molar-refractivity contribution >= 4 is 16.9 Å². The highest BCUT2D eigenvalue weighted by Gasteiger charge is 2.43. The molecule has 2 aliphatic carbocycles. The molecule has 1 aliphatic heterocycles. The van der Waals surface area contributed by atoms with Crippen LogP contribution in [0.2, 0.25) is 0 Å². The number of carbonyl (C=O) groups excluding carboxylic acids is 1. The lowest BCUT2D eigenvalue weighted by atomic mass is 9.74. The van der Waals surface area contributed by atoms with Gasteiger partial charge in [-0.3, -0.25) is 20.2 Å². The second kappa shape index (κ2) is 9.78. The van der Waals surface area contributed by atoms with Crippen LogP contribution in [0, 0.1) is 25.7 Å². The number of aryl methyl sites for hydroxylation is 2. The molecule has 1 amide bonds. The molecule has 0 radical (unpaired) electrons. The van der Waals surface area contributed by atoms with Gasteiger partial charge < -0.3 is 15.0 Å². The summed E-state index contributed by atoms with van der Waals surface area (Å²) in [6, 6.07) is 6.71. The van der Waals surface area contributed by atoms with Crippen molar-refractivity contribution in [3.8, 4) is 0 Å². The number of fused-ring (bicyclic) bond motifs is 2. The van der Waals surface area contributed by atoms with Gasteiger partial charge in [0.1, 0.15) is 11.3 Å². The fourth-order valence-corrected chi connectivity index (χ4v) is 6.91. The zero-order valence-corrected chi connectivity index (χ0v) is 21.7. The van der Waals surface area contributed by atoms with E-state index in [1.54, 1.807) is 12.4 Å². The summed E-state index contributed by atoms with van der Waals surface area (Å²) in [6.45, 7) is 4.46. The number of carbonyl (C=O) groups is 1. The SMILES string of the molecule is Cc1cc(C2NNC3CCC(C(=O)N[C@@H]4CCC[C@@](O)(Cn5c(C)nc6cnccc65)C4)CC32)ccn1. The molecule has 4 unspecified atom stereocenters. The fourth-order valence-electron chi connectivity index (χ4n) is 6.91. The number of hydrogen-bond acceptors (Lipinski definition) is 7. The van der Waals surface area contributed by atoms with Crippen LogP contribution >= 0.6 is 0 Å². The van der Waals surface area contributed by atoms with E-state index in [4.69, 9.17) is 0 Å². The molecule has 0 bridgehead atoms. The van der Waals surface area contributed by atoms with E-state index in [1.807, 2.05) is 26.1 Å². The van der Waals surface area contributed by atoms with Crippen LogP contribution in [0.4, 0.5) is 0 Å². The Labute approximate surface area is 217 Å². The molecule has 9 heteroatoms. The molecule has 4 N–H and O–H groups in total. The minimum atomic E-state index is -0.876. The lowest BCUT2D eigenvalue weighted by Crippen LogP contribution is -2.50. The number of rotatable bonds is 5. The lowest BCUT2D eigenvalue weighted by molar-refractivity contribution is -0.128. The summed E-state index contributed by atoms with van der Waals surface area (Å²) in [6.07, 6.45) is 11.2. The Balaban J connectivity index is 1.11. The Kier molecular flexibility index (Phi) is 6.46. The van der Waals surface area contributed by atoms with E-state index in [9.17, 15) is 9.90 Å². The fraction of sp³-hybridized carbons (Fsp3) is 0.571. The normalized spacial score (nSPS) is 31.8. The van der Waals surface area contributed by atoms with E-state index in [2.05, 4.69) is 47.8 Å². The van der Waals surface area contributed by atoms with E-state index >= 15 is 0 Å². The summed E-state index contributed by atoms with van der Waals surface area (Å²) < 4.78 is 2.09. The number of amides is 1. The van der Waals surface area contributed by atoms with Crippen molar-refractivity contribution in [3.63, 3.8) is 0 Å². The maximum atomic E-state index is 13.4. The lowest BCUT2D eigenvalue weighted by Gasteiger charge is -2.39. The zero-order valence-electron chi connectivity index (χ0n) is 21.7. The van der Waals surface area contributed by atoms with Crippen molar-refractivity contribution in [3.05, 3.63) is 53.9 Å². The quantitative estimate of drug-likeness (QED) is 0.423. The number of aromatic nitrogens is 4. The molecule has 196 valence electrons. The Morgan fingerprint density at radius 3 is 2.97 bits per heavy atom. The number of hydrazine groups is 1. The monoisotopic (exact) mass is 503 g/mol. The molecule has 3 aromatic rings. The zero-order chi connectivity index (χ0) is 25.6. The highest BCUT2D eigenvalue weighted by atomic mass is 16.3. The first-order valence-corrected chi connectivity index (χ1v) is 13.6. The van der Waals surface area contributed by atoms with Crippen LogP contribution in [0.3, 0.4) is 0 Å². The molecule has 2 saturated carbocycles. The van der Waals surface area contributed by atoms with Gasteiger partial charge in [0.15, 0.2) is 0 Å². The number of nitrogens with zero attached hydrogens (tertiary/aromatic N) is 4. The Morgan fingerprint density at radius 2 is 2.11 bits per heavy atom. The topological polar surface area (TPSA) is 117 Å². The standard InChI is InChI=1S/C28H37N7O2/c1-17-12-19(7-11-30-17)26-22-13-20(5-6-23(22)33-34-26)27(36)32-21-4-3-9-28(37,14-21)16-35-18(2)31-24-15-29-10-8-25(24)35/h7-8,10-12,15,20-23,26,33-34,37H,3-6,9,13-14,16H2,1-2H3,(H,32,36)/t20?,21-,22?,23?,26?,28+/m1/s1. The maximum Gasteiger partial charge on any atom is 0.223 e. The summed E-state index contributed by atoms with van der Waals surface area (Å²) in [5.74, 6) is 1.37. The van der Waals surface area contributed by atoms with Gasteiger partial charge in [0, 0.05) is 36.1 Å². The van der Waals surface area contributed by atoms with E-state index in [1.165, 1.54) is 5.56 Å². The van der Waals surface area contributed by atoms with E-state index in [-0.39, 0.29) is 23.9 Å². The molecular weight excluding hydrogens is 466 g/mol. The van der Waals surface area contributed by atoms with Gasteiger partial charge in [0.2, 0.25) is 5.91 Å². The first-order valence-electron chi connectivity index (χ1n) is 13.6. The van der Waals surface area contributed by atoms with Gasteiger partial charge in [0.25, 0.3) is 0 Å². The van der Waals surface area contributed by atoms with Crippen LogP contribution in [0.15, 0.2) is 36.8 Å². The highest BCUT2D eigenvalue weighted by Crippen LogP contribution is 2.41. The summed E-state index contributed by atoms with van der Waals surface area (Å²) in [4.78, 5) is 26.6. The van der Waals surface area contributed by atoms with Crippen LogP contribution < -0.4 is 16.2 Å². The van der Waals surface area contributed by atoms with Crippen molar-refractivity contribution in [1.29, 1.82) is 0 Å². The van der Waals surface area contributed by atoms with Gasteiger partial charge in [-0.05, 0) is 88.5 Å². The molecule has 3 aliphatic rings. The molecule has 3 aromatic heterocycles. The predicted octanol–water partition coefficient (Wildman–Crippen LogP) is 2.87. The van der Waals surface area contributed by atoms with Crippen LogP contribution in [0.25, 0.3) is 11.0 Å². The Bertz CT molecular complexity index is 1290. The summed E-state index contributed by atoms with van der Waals surface area (Å²) >= 11 is 0. The third-order valence-corrected chi connectivity index (χ3v) is 8.76. The molecule has 1 saturated heterocycles. The first-order chi connectivity index (χ1) is 17.9. The van der Waals surface area contributed by atoms with Gasteiger partial charge in [-0.15, -0.1) is 0 Å². The van der Waals surface area contributed by atoms with Crippen molar-refractivity contribution in [1.82, 2.24) is 35.7 Å². The van der Waals surface area contributed by atoms with Crippen LogP contribution in [0.5, 0.6) is 0 Å². The smallest absolute Gasteiger partial charge is 0.223 e. The summed E-state index contributed by atoms with van der Waals surface area (Å²) in [5.41, 5.74) is 10.1. The van der Waals surface area contributed by atoms with Crippen LogP contribution in [0.1, 0.15) is 68.1 Å². The number of aliphatic hydroxyl groups is 1. The highest BCUT2D eigenvalue weighted by molar-refractivity contribution is 5.79. The second-order valence-electron chi connectivity index (χ2n) is 11.4. The Hall–Kier alpha value is -2.88. The number of imidazole rings is 1. The van der Waals surface area contributed by atoms with Gasteiger partial charge >= 0.3 is 0 Å². The molecule has 0 spiro atoms. The molecule has 37 heavy (non-hydrogen) atoms. The number of nitrogens with one attached hydrogen (secondary N) is 3. The average Bonchev–Trinajstić information content (AvgIpc) is 3.44. The van der Waals surface area contributed by atoms with Crippen molar-refractivity contribution in [2.75, 3.05) is 0 Å². The van der Waals surface area contributed by atoms with Crippen molar-refractivity contribution < 1.29 is 9.90 Å². The third kappa shape index (κ3) is 4.87. The predicted molar refractivity (Wildman–Crippen MR) is 140 cm³/mol. The molecular formula is C28H37N7O2. The molecule has 3 fully saturated rings. The molecule has 0 aromatic carbocycles. The third-order valence-electron chi connectivity index (χ3n) is 8.76. The number of hydrogen-bond donors (Lipinski definition) is 4. The van der Waals surface area contributed by atoms with E-state index in [0.717, 1.165) is 61.1 Å². The van der Waals surface area contributed by atoms with Crippen molar-refractivity contribution in [2.45, 2.75) is 89.1 Å². The largest absolute Gasteiger partial charge is 0.388 e. The van der Waals surface area contributed by atoms with Crippen LogP contribution in [-0.2, 0) is 11.3 Å². The maximum absolute atomic E-state index is 13.4. The number of pyridine rings is 2. The average molecular weight is 504 g/mol. The second-order valence-corrected chi connectivity index (χ2v) is 11.4. The van der Waals surface area contributed by atoms with Gasteiger partial charge in [-0.1, -0.05) is 0 Å². The minimum absolute atomic E-state index is 0.00394. The molecule has 4 heterocycles. The first kappa shape index (κ1) is 24.5. The van der Waals surface area contributed by atoms with Crippen LogP contribution in [-0.4, -0.2) is 48.2 Å². The molecule has 6 rings (SSSR count). The van der Waals surface area contributed by atoms with E-state index < -0.39 is 5.60 Å². The van der Waals surface area contributed by atoms with Gasteiger partial charge in [-0.25, -0.2) is 10.4 Å². The summed E-state index contributed by atoms with van der Waals surface area (Å²) in [5, 5.41) is 14.9.